The van der Waals surface area contributed by atoms with Crippen molar-refractivity contribution in [1.82, 2.24) is 14.9 Å². The Bertz CT molecular complexity index is 524. The van der Waals surface area contributed by atoms with Gasteiger partial charge in [0.1, 0.15) is 17.0 Å². The Labute approximate surface area is 122 Å². The van der Waals surface area contributed by atoms with Crippen LogP contribution in [0.25, 0.3) is 10.2 Å². The molecule has 104 valence electrons. The van der Waals surface area contributed by atoms with Gasteiger partial charge in [-0.15, -0.1) is 23.7 Å². The quantitative estimate of drug-likeness (QED) is 0.923. The van der Waals surface area contributed by atoms with Crippen LogP contribution in [0.3, 0.4) is 0 Å². The van der Waals surface area contributed by atoms with Crippen LogP contribution in [0.1, 0.15) is 0 Å². The van der Waals surface area contributed by atoms with Gasteiger partial charge in [0.25, 0.3) is 0 Å². The zero-order valence-electron chi connectivity index (χ0n) is 10.7. The molecule has 0 aromatic carbocycles. The number of thiophene rings is 1. The molecule has 3 rings (SSSR count). The number of nitrogens with two attached hydrogens (primary N) is 1. The van der Waals surface area contributed by atoms with E-state index >= 15 is 0 Å². The molecule has 0 atom stereocenters. The van der Waals surface area contributed by atoms with Gasteiger partial charge in [0, 0.05) is 39.3 Å². The smallest absolute Gasteiger partial charge is 0.140 e. The van der Waals surface area contributed by atoms with Crippen molar-refractivity contribution in [3.05, 3.63) is 17.8 Å². The van der Waals surface area contributed by atoms with Crippen LogP contribution in [-0.4, -0.2) is 54.1 Å². The highest BCUT2D eigenvalue weighted by molar-refractivity contribution is 7.16. The summed E-state index contributed by atoms with van der Waals surface area (Å²) in [5, 5.41) is 3.25. The number of anilines is 1. The van der Waals surface area contributed by atoms with E-state index in [9.17, 15) is 0 Å². The van der Waals surface area contributed by atoms with Crippen molar-refractivity contribution in [1.29, 1.82) is 0 Å². The summed E-state index contributed by atoms with van der Waals surface area (Å²) in [6, 6.07) is 2.11. The zero-order chi connectivity index (χ0) is 12.4. The molecule has 2 aromatic heterocycles. The van der Waals surface area contributed by atoms with E-state index < -0.39 is 0 Å². The average Bonchev–Trinajstić information content (AvgIpc) is 2.88. The highest BCUT2D eigenvalue weighted by Gasteiger charge is 2.19. The maximum atomic E-state index is 5.59. The van der Waals surface area contributed by atoms with E-state index in [1.807, 2.05) is 0 Å². The standard InChI is InChI=1S/C12H17N5S.ClH/c13-2-3-16-4-6-17(7-5-16)11-10-1-8-18-12(10)15-9-14-11;/h1,8-9H,2-7,13H2;1H. The molecule has 2 aromatic rings. The first kappa shape index (κ1) is 14.5. The average molecular weight is 300 g/mol. The van der Waals surface area contributed by atoms with Crippen molar-refractivity contribution in [2.45, 2.75) is 0 Å². The summed E-state index contributed by atoms with van der Waals surface area (Å²) in [7, 11) is 0. The van der Waals surface area contributed by atoms with Gasteiger partial charge in [-0.05, 0) is 11.4 Å². The number of halogens is 1. The fraction of sp³-hybridized carbons (Fsp3) is 0.500. The first-order chi connectivity index (χ1) is 8.88. The Morgan fingerprint density at radius 2 is 2.00 bits per heavy atom. The van der Waals surface area contributed by atoms with Crippen LogP contribution < -0.4 is 10.6 Å². The predicted octanol–water partition coefficient (Wildman–Crippen LogP) is 1.19. The second-order valence-corrected chi connectivity index (χ2v) is 5.35. The van der Waals surface area contributed by atoms with Crippen molar-refractivity contribution < 1.29 is 0 Å². The summed E-state index contributed by atoms with van der Waals surface area (Å²) in [5.74, 6) is 1.08. The van der Waals surface area contributed by atoms with Crippen LogP contribution >= 0.6 is 23.7 Å². The summed E-state index contributed by atoms with van der Waals surface area (Å²) in [4.78, 5) is 14.6. The second-order valence-electron chi connectivity index (χ2n) is 4.45. The van der Waals surface area contributed by atoms with Gasteiger partial charge in [-0.25, -0.2) is 9.97 Å². The van der Waals surface area contributed by atoms with E-state index in [-0.39, 0.29) is 12.4 Å². The van der Waals surface area contributed by atoms with E-state index in [0.29, 0.717) is 0 Å². The lowest BCUT2D eigenvalue weighted by atomic mass is 10.2. The Balaban J connectivity index is 0.00000133. The number of hydrogen-bond acceptors (Lipinski definition) is 6. The van der Waals surface area contributed by atoms with Crippen molar-refractivity contribution >= 4 is 39.8 Å². The molecule has 1 aliphatic heterocycles. The Hall–Kier alpha value is -0.950. The van der Waals surface area contributed by atoms with Crippen LogP contribution in [-0.2, 0) is 0 Å². The topological polar surface area (TPSA) is 58.3 Å². The van der Waals surface area contributed by atoms with E-state index in [1.165, 1.54) is 5.39 Å². The molecule has 0 aliphatic carbocycles. The number of aromatic nitrogens is 2. The molecule has 3 heterocycles. The van der Waals surface area contributed by atoms with Crippen LogP contribution in [0.2, 0.25) is 0 Å². The van der Waals surface area contributed by atoms with Crippen LogP contribution in [0.15, 0.2) is 17.8 Å². The summed E-state index contributed by atoms with van der Waals surface area (Å²) in [6.45, 7) is 5.89. The largest absolute Gasteiger partial charge is 0.353 e. The van der Waals surface area contributed by atoms with E-state index in [2.05, 4.69) is 31.2 Å². The van der Waals surface area contributed by atoms with Crippen molar-refractivity contribution in [3.8, 4) is 0 Å². The van der Waals surface area contributed by atoms with Crippen LogP contribution in [0.5, 0.6) is 0 Å². The van der Waals surface area contributed by atoms with Gasteiger partial charge < -0.3 is 10.6 Å². The van der Waals surface area contributed by atoms with E-state index in [4.69, 9.17) is 5.73 Å². The van der Waals surface area contributed by atoms with Gasteiger partial charge in [0.05, 0.1) is 5.39 Å². The third-order valence-electron chi connectivity index (χ3n) is 3.36. The molecular weight excluding hydrogens is 282 g/mol. The van der Waals surface area contributed by atoms with Crippen LogP contribution in [0, 0.1) is 0 Å². The first-order valence-electron chi connectivity index (χ1n) is 6.24. The molecule has 1 aliphatic rings. The van der Waals surface area contributed by atoms with Gasteiger partial charge in [-0.3, -0.25) is 4.90 Å². The van der Waals surface area contributed by atoms with Gasteiger partial charge in [-0.2, -0.15) is 0 Å². The zero-order valence-corrected chi connectivity index (χ0v) is 12.3. The lowest BCUT2D eigenvalue weighted by molar-refractivity contribution is 0.264. The minimum Gasteiger partial charge on any atom is -0.353 e. The molecule has 0 amide bonds. The molecular formula is C12H18ClN5S. The number of nitrogens with zero attached hydrogens (tertiary/aromatic N) is 4. The van der Waals surface area contributed by atoms with Gasteiger partial charge in [0.2, 0.25) is 0 Å². The minimum absolute atomic E-state index is 0. The van der Waals surface area contributed by atoms with E-state index in [0.717, 1.165) is 49.9 Å². The molecule has 19 heavy (non-hydrogen) atoms. The SMILES string of the molecule is Cl.NCCN1CCN(c2ncnc3sccc23)CC1. The van der Waals surface area contributed by atoms with Crippen molar-refractivity contribution in [3.63, 3.8) is 0 Å². The molecule has 0 unspecified atom stereocenters. The maximum absolute atomic E-state index is 5.59. The molecule has 0 spiro atoms. The number of hydrogen-bond donors (Lipinski definition) is 1. The third-order valence-corrected chi connectivity index (χ3v) is 4.18. The molecule has 0 saturated carbocycles. The van der Waals surface area contributed by atoms with Gasteiger partial charge in [-0.1, -0.05) is 0 Å². The van der Waals surface area contributed by atoms with Gasteiger partial charge in [0.15, 0.2) is 0 Å². The summed E-state index contributed by atoms with van der Waals surface area (Å²) in [6.07, 6.45) is 1.67. The minimum atomic E-state index is 0. The Morgan fingerprint density at radius 3 is 2.74 bits per heavy atom. The molecule has 1 fully saturated rings. The molecule has 5 nitrogen and oxygen atoms in total. The molecule has 0 radical (unpaired) electrons. The lowest BCUT2D eigenvalue weighted by Crippen LogP contribution is -2.48. The van der Waals surface area contributed by atoms with Crippen molar-refractivity contribution in [2.75, 3.05) is 44.2 Å². The molecule has 7 heteroatoms. The van der Waals surface area contributed by atoms with Gasteiger partial charge >= 0.3 is 0 Å². The third kappa shape index (κ3) is 2.97. The number of fused-ring (bicyclic) bond motifs is 1. The predicted molar refractivity (Wildman–Crippen MR) is 82.4 cm³/mol. The van der Waals surface area contributed by atoms with E-state index in [1.54, 1.807) is 17.7 Å². The Morgan fingerprint density at radius 1 is 1.21 bits per heavy atom. The Kier molecular flexibility index (Phi) is 4.93. The normalized spacial score (nSPS) is 16.6. The molecule has 1 saturated heterocycles. The van der Waals surface area contributed by atoms with Crippen LogP contribution in [0.4, 0.5) is 5.82 Å². The maximum Gasteiger partial charge on any atom is 0.140 e. The highest BCUT2D eigenvalue weighted by atomic mass is 35.5. The summed E-state index contributed by atoms with van der Waals surface area (Å²) >= 11 is 1.67. The summed E-state index contributed by atoms with van der Waals surface area (Å²) in [5.41, 5.74) is 5.59. The first-order valence-corrected chi connectivity index (χ1v) is 7.12. The number of piperazine rings is 1. The number of rotatable bonds is 3. The highest BCUT2D eigenvalue weighted by Crippen LogP contribution is 2.27. The molecule has 0 bridgehead atoms. The second kappa shape index (κ2) is 6.47. The van der Waals surface area contributed by atoms with Crippen molar-refractivity contribution in [2.24, 2.45) is 5.73 Å². The fourth-order valence-electron chi connectivity index (χ4n) is 2.39. The summed E-state index contributed by atoms with van der Waals surface area (Å²) < 4.78 is 0. The lowest BCUT2D eigenvalue weighted by Gasteiger charge is -2.35. The monoisotopic (exact) mass is 299 g/mol. The fourth-order valence-corrected chi connectivity index (χ4v) is 3.12. The molecule has 2 N–H and O–H groups in total.